The molecule has 1 aliphatic heterocycles. The van der Waals surface area contributed by atoms with Gasteiger partial charge in [-0.15, -0.1) is 0 Å². The van der Waals surface area contributed by atoms with E-state index in [0.29, 0.717) is 29.9 Å². The van der Waals surface area contributed by atoms with E-state index in [-0.39, 0.29) is 12.1 Å². The normalized spacial score (nSPS) is 18.8. The minimum atomic E-state index is -0.295. The summed E-state index contributed by atoms with van der Waals surface area (Å²) in [5.74, 6) is 1.30. The Hall–Kier alpha value is -1.56. The number of rotatable bonds is 2. The van der Waals surface area contributed by atoms with Gasteiger partial charge in [-0.3, -0.25) is 0 Å². The number of halogens is 1. The number of hydrogen-bond acceptors (Lipinski definition) is 5. The molecular weight excluding hydrogens is 256 g/mol. The molecule has 0 saturated carbocycles. The first-order valence-corrected chi connectivity index (χ1v) is 6.07. The molecule has 1 atom stereocenters. The standard InChI is InChI=1S/C11H15ClN4O2/c1-7-13-9(12)5-10(14-7)15-8-3-4-16(6-8)11(17)18-2/h5,8H,3-4,6H2,1-2H3,(H,13,14,15)/t8-/m0/s1. The molecule has 1 fully saturated rings. The maximum absolute atomic E-state index is 11.3. The molecule has 0 spiro atoms. The van der Waals surface area contributed by atoms with Crippen molar-refractivity contribution < 1.29 is 9.53 Å². The Kier molecular flexibility index (Phi) is 3.86. The van der Waals surface area contributed by atoms with Gasteiger partial charge in [0.05, 0.1) is 7.11 Å². The van der Waals surface area contributed by atoms with Crippen LogP contribution in [-0.4, -0.2) is 47.2 Å². The third kappa shape index (κ3) is 3.01. The number of methoxy groups -OCH3 is 1. The van der Waals surface area contributed by atoms with Crippen molar-refractivity contribution in [1.82, 2.24) is 14.9 Å². The fourth-order valence-electron chi connectivity index (χ4n) is 1.99. The lowest BCUT2D eigenvalue weighted by Crippen LogP contribution is -2.31. The molecule has 0 bridgehead atoms. The number of ether oxygens (including phenoxy) is 1. The van der Waals surface area contributed by atoms with E-state index in [1.807, 2.05) is 0 Å². The summed E-state index contributed by atoms with van der Waals surface area (Å²) in [4.78, 5) is 21.3. The van der Waals surface area contributed by atoms with Crippen molar-refractivity contribution in [2.75, 3.05) is 25.5 Å². The van der Waals surface area contributed by atoms with Crippen molar-refractivity contribution in [3.05, 3.63) is 17.0 Å². The molecule has 1 saturated heterocycles. The first-order valence-electron chi connectivity index (χ1n) is 5.69. The van der Waals surface area contributed by atoms with Crippen molar-refractivity contribution >= 4 is 23.5 Å². The molecule has 1 aromatic rings. The van der Waals surface area contributed by atoms with E-state index in [4.69, 9.17) is 11.6 Å². The molecule has 1 aromatic heterocycles. The Morgan fingerprint density at radius 2 is 2.39 bits per heavy atom. The molecule has 98 valence electrons. The quantitative estimate of drug-likeness (QED) is 0.829. The number of amides is 1. The summed E-state index contributed by atoms with van der Waals surface area (Å²) >= 11 is 5.86. The second-order valence-electron chi connectivity index (χ2n) is 4.17. The van der Waals surface area contributed by atoms with Gasteiger partial charge in [0, 0.05) is 25.2 Å². The summed E-state index contributed by atoms with van der Waals surface area (Å²) in [6.07, 6.45) is 0.562. The smallest absolute Gasteiger partial charge is 0.409 e. The summed E-state index contributed by atoms with van der Waals surface area (Å²) < 4.78 is 4.68. The molecule has 1 N–H and O–H groups in total. The van der Waals surface area contributed by atoms with Gasteiger partial charge in [-0.25, -0.2) is 14.8 Å². The van der Waals surface area contributed by atoms with Crippen LogP contribution in [-0.2, 0) is 4.74 Å². The number of nitrogens with one attached hydrogen (secondary N) is 1. The number of anilines is 1. The van der Waals surface area contributed by atoms with E-state index in [9.17, 15) is 4.79 Å². The SMILES string of the molecule is COC(=O)N1CC[C@H](Nc2cc(Cl)nc(C)n2)C1. The van der Waals surface area contributed by atoms with Gasteiger partial charge in [-0.1, -0.05) is 11.6 Å². The van der Waals surface area contributed by atoms with Crippen LogP contribution in [0.4, 0.5) is 10.6 Å². The van der Waals surface area contributed by atoms with Gasteiger partial charge in [-0.2, -0.15) is 0 Å². The average Bonchev–Trinajstić information content (AvgIpc) is 2.75. The van der Waals surface area contributed by atoms with Crippen molar-refractivity contribution in [3.8, 4) is 0 Å². The van der Waals surface area contributed by atoms with Crippen molar-refractivity contribution in [3.63, 3.8) is 0 Å². The monoisotopic (exact) mass is 270 g/mol. The minimum absolute atomic E-state index is 0.162. The van der Waals surface area contributed by atoms with Gasteiger partial charge >= 0.3 is 6.09 Å². The Morgan fingerprint density at radius 1 is 1.61 bits per heavy atom. The maximum atomic E-state index is 11.3. The van der Waals surface area contributed by atoms with Gasteiger partial charge in [0.25, 0.3) is 0 Å². The molecule has 2 heterocycles. The number of hydrogen-bond donors (Lipinski definition) is 1. The van der Waals surface area contributed by atoms with Gasteiger partial charge in [0.15, 0.2) is 0 Å². The molecule has 1 aliphatic rings. The van der Waals surface area contributed by atoms with Crippen LogP contribution in [0.25, 0.3) is 0 Å². The van der Waals surface area contributed by atoms with Crippen LogP contribution < -0.4 is 5.32 Å². The van der Waals surface area contributed by atoms with E-state index >= 15 is 0 Å². The highest BCUT2D eigenvalue weighted by Crippen LogP contribution is 2.17. The van der Waals surface area contributed by atoms with Gasteiger partial charge in [0.2, 0.25) is 0 Å². The lowest BCUT2D eigenvalue weighted by atomic mass is 10.2. The summed E-state index contributed by atoms with van der Waals surface area (Å²) in [6, 6.07) is 1.84. The highest BCUT2D eigenvalue weighted by atomic mass is 35.5. The second-order valence-corrected chi connectivity index (χ2v) is 4.56. The van der Waals surface area contributed by atoms with Crippen LogP contribution in [0.1, 0.15) is 12.2 Å². The van der Waals surface area contributed by atoms with Gasteiger partial charge in [-0.05, 0) is 13.3 Å². The number of aryl methyl sites for hydroxylation is 1. The molecule has 7 heteroatoms. The highest BCUT2D eigenvalue weighted by molar-refractivity contribution is 6.29. The second kappa shape index (κ2) is 5.39. The minimum Gasteiger partial charge on any atom is -0.453 e. The predicted octanol–water partition coefficient (Wildman–Crippen LogP) is 1.69. The van der Waals surface area contributed by atoms with Crippen molar-refractivity contribution in [2.45, 2.75) is 19.4 Å². The summed E-state index contributed by atoms with van der Waals surface area (Å²) in [6.45, 7) is 3.07. The largest absolute Gasteiger partial charge is 0.453 e. The lowest BCUT2D eigenvalue weighted by Gasteiger charge is -2.16. The first kappa shape index (κ1) is 12.9. The molecule has 0 radical (unpaired) electrons. The van der Waals surface area contributed by atoms with Gasteiger partial charge < -0.3 is 15.0 Å². The summed E-state index contributed by atoms with van der Waals surface area (Å²) in [7, 11) is 1.39. The lowest BCUT2D eigenvalue weighted by molar-refractivity contribution is 0.133. The van der Waals surface area contributed by atoms with Crippen molar-refractivity contribution in [2.24, 2.45) is 0 Å². The zero-order chi connectivity index (χ0) is 13.1. The predicted molar refractivity (Wildman–Crippen MR) is 67.8 cm³/mol. The van der Waals surface area contributed by atoms with Crippen LogP contribution in [0, 0.1) is 6.92 Å². The van der Waals surface area contributed by atoms with Crippen LogP contribution in [0.5, 0.6) is 0 Å². The maximum Gasteiger partial charge on any atom is 0.409 e. The number of carbonyl (C=O) groups excluding carboxylic acids is 1. The molecule has 2 rings (SSSR count). The number of carbonyl (C=O) groups is 1. The zero-order valence-electron chi connectivity index (χ0n) is 10.3. The Morgan fingerprint density at radius 3 is 3.06 bits per heavy atom. The van der Waals surface area contributed by atoms with E-state index < -0.39 is 0 Å². The van der Waals surface area contributed by atoms with E-state index in [2.05, 4.69) is 20.0 Å². The van der Waals surface area contributed by atoms with Crippen LogP contribution in [0.2, 0.25) is 5.15 Å². The highest BCUT2D eigenvalue weighted by Gasteiger charge is 2.26. The fourth-order valence-corrected chi connectivity index (χ4v) is 2.21. The topological polar surface area (TPSA) is 67.3 Å². The average molecular weight is 271 g/mol. The van der Waals surface area contributed by atoms with E-state index in [1.165, 1.54) is 7.11 Å². The number of aromatic nitrogens is 2. The molecule has 6 nitrogen and oxygen atoms in total. The third-order valence-electron chi connectivity index (χ3n) is 2.78. The van der Waals surface area contributed by atoms with Crippen LogP contribution >= 0.6 is 11.6 Å². The molecule has 1 amide bonds. The Balaban J connectivity index is 1.97. The van der Waals surface area contributed by atoms with Crippen molar-refractivity contribution in [1.29, 1.82) is 0 Å². The Labute approximate surface area is 110 Å². The number of nitrogens with zero attached hydrogens (tertiary/aromatic N) is 3. The van der Waals surface area contributed by atoms with E-state index in [0.717, 1.165) is 6.42 Å². The van der Waals surface area contributed by atoms with Crippen LogP contribution in [0.3, 0.4) is 0 Å². The summed E-state index contributed by atoms with van der Waals surface area (Å²) in [5.41, 5.74) is 0. The molecule has 0 aliphatic carbocycles. The third-order valence-corrected chi connectivity index (χ3v) is 2.97. The molecular formula is C11H15ClN4O2. The molecule has 18 heavy (non-hydrogen) atoms. The van der Waals surface area contributed by atoms with Crippen LogP contribution in [0.15, 0.2) is 6.07 Å². The zero-order valence-corrected chi connectivity index (χ0v) is 11.1. The Bertz CT molecular complexity index is 434. The number of likely N-dealkylation sites (tertiary alicyclic amines) is 1. The van der Waals surface area contributed by atoms with Gasteiger partial charge in [0.1, 0.15) is 16.8 Å². The first-order chi connectivity index (χ1) is 8.58. The fraction of sp³-hybridized carbons (Fsp3) is 0.545. The van der Waals surface area contributed by atoms with E-state index in [1.54, 1.807) is 17.9 Å². The summed E-state index contributed by atoms with van der Waals surface area (Å²) in [5, 5.41) is 3.66. The molecule has 0 aromatic carbocycles. The molecule has 0 unspecified atom stereocenters.